The molecule has 7 N–H and O–H groups in total. The molecule has 0 radical (unpaired) electrons. The van der Waals surface area contributed by atoms with Crippen LogP contribution in [-0.2, 0) is 25.6 Å². The van der Waals surface area contributed by atoms with Crippen LogP contribution >= 0.6 is 12.6 Å². The average molecular weight is 494 g/mol. The number of amides is 3. The number of rotatable bonds is 13. The summed E-state index contributed by atoms with van der Waals surface area (Å²) in [5, 5.41) is 14.9. The van der Waals surface area contributed by atoms with E-state index in [9.17, 15) is 24.3 Å². The van der Waals surface area contributed by atoms with Crippen molar-refractivity contribution in [2.45, 2.75) is 62.7 Å². The molecule has 0 aliphatic carbocycles. The Kier molecular flexibility index (Phi) is 11.3. The molecule has 0 aromatic heterocycles. The molecular weight excluding hydrogens is 458 g/mol. The number of likely N-dealkylation sites (tertiary alicyclic amines) is 1. The highest BCUT2D eigenvalue weighted by molar-refractivity contribution is 7.80. The van der Waals surface area contributed by atoms with E-state index in [1.165, 1.54) is 4.90 Å². The number of nitrogens with zero attached hydrogens (tertiary/aromatic N) is 1. The number of aliphatic carboxylic acids is 1. The molecule has 4 atom stereocenters. The van der Waals surface area contributed by atoms with Crippen molar-refractivity contribution in [2.75, 3.05) is 18.8 Å². The standard InChI is InChI=1S/C23H35N5O5S/c24-11-5-4-9-17(22(31)28-12-6-10-19(28)23(32)33)26-21(30)18(27-20(29)16(25)14-34)13-15-7-2-1-3-8-15/h1-3,7-8,16-19,34H,4-6,9-14,24-25H2,(H,26,30)(H,27,29)(H,32,33). The minimum atomic E-state index is -1.06. The predicted octanol–water partition coefficient (Wildman–Crippen LogP) is -0.340. The van der Waals surface area contributed by atoms with Crippen LogP contribution in [0.15, 0.2) is 30.3 Å². The smallest absolute Gasteiger partial charge is 0.326 e. The Hall–Kier alpha value is -2.63. The van der Waals surface area contributed by atoms with Crippen molar-refractivity contribution in [1.82, 2.24) is 15.5 Å². The van der Waals surface area contributed by atoms with Crippen LogP contribution in [0.3, 0.4) is 0 Å². The van der Waals surface area contributed by atoms with Gasteiger partial charge in [-0.15, -0.1) is 0 Å². The Morgan fingerprint density at radius 3 is 2.38 bits per heavy atom. The number of hydrogen-bond donors (Lipinski definition) is 6. The fraction of sp³-hybridized carbons (Fsp3) is 0.565. The van der Waals surface area contributed by atoms with E-state index in [1.807, 2.05) is 30.3 Å². The number of hydrogen-bond acceptors (Lipinski definition) is 7. The van der Waals surface area contributed by atoms with E-state index in [0.29, 0.717) is 45.2 Å². The Balaban J connectivity index is 2.21. The minimum Gasteiger partial charge on any atom is -0.480 e. The van der Waals surface area contributed by atoms with E-state index < -0.39 is 47.9 Å². The van der Waals surface area contributed by atoms with Gasteiger partial charge in [-0.2, -0.15) is 12.6 Å². The molecule has 1 heterocycles. The summed E-state index contributed by atoms with van der Waals surface area (Å²) in [5.41, 5.74) is 12.2. The van der Waals surface area contributed by atoms with E-state index in [4.69, 9.17) is 11.5 Å². The molecule has 2 rings (SSSR count). The van der Waals surface area contributed by atoms with Gasteiger partial charge in [-0.1, -0.05) is 30.3 Å². The van der Waals surface area contributed by atoms with Crippen LogP contribution < -0.4 is 22.1 Å². The number of thiol groups is 1. The zero-order chi connectivity index (χ0) is 25.1. The average Bonchev–Trinajstić information content (AvgIpc) is 3.33. The van der Waals surface area contributed by atoms with Gasteiger partial charge in [0.1, 0.15) is 18.1 Å². The largest absolute Gasteiger partial charge is 0.480 e. The summed E-state index contributed by atoms with van der Waals surface area (Å²) in [4.78, 5) is 51.8. The molecule has 11 heteroatoms. The third-order valence-corrected chi connectivity index (χ3v) is 6.22. The van der Waals surface area contributed by atoms with E-state index in [1.54, 1.807) is 0 Å². The second-order valence-corrected chi connectivity index (χ2v) is 8.78. The first-order chi connectivity index (χ1) is 16.3. The third kappa shape index (κ3) is 8.00. The Labute approximate surface area is 205 Å². The molecule has 1 saturated heterocycles. The summed E-state index contributed by atoms with van der Waals surface area (Å²) in [6, 6.07) is 5.45. The van der Waals surface area contributed by atoms with Crippen LogP contribution in [0.5, 0.6) is 0 Å². The molecule has 0 bridgehead atoms. The summed E-state index contributed by atoms with van der Waals surface area (Å²) in [6.45, 7) is 0.755. The second kappa shape index (κ2) is 13.9. The van der Waals surface area contributed by atoms with E-state index >= 15 is 0 Å². The lowest BCUT2D eigenvalue weighted by atomic mass is 10.0. The summed E-state index contributed by atoms with van der Waals surface area (Å²) < 4.78 is 0. The maximum atomic E-state index is 13.3. The molecule has 1 fully saturated rings. The molecule has 1 aromatic rings. The molecule has 0 spiro atoms. The van der Waals surface area contributed by atoms with E-state index in [-0.39, 0.29) is 12.2 Å². The maximum Gasteiger partial charge on any atom is 0.326 e. The number of nitrogens with two attached hydrogens (primary N) is 2. The summed E-state index contributed by atoms with van der Waals surface area (Å²) in [7, 11) is 0. The van der Waals surface area contributed by atoms with E-state index in [2.05, 4.69) is 23.3 Å². The van der Waals surface area contributed by atoms with E-state index in [0.717, 1.165) is 5.56 Å². The molecule has 1 aliphatic rings. The lowest BCUT2D eigenvalue weighted by Gasteiger charge is -2.29. The Morgan fingerprint density at radius 1 is 1.09 bits per heavy atom. The number of nitrogens with one attached hydrogen (secondary N) is 2. The number of unbranched alkanes of at least 4 members (excludes halogenated alkanes) is 1. The van der Waals surface area contributed by atoms with Gasteiger partial charge in [-0.05, 0) is 44.2 Å². The normalized spacial score (nSPS) is 18.1. The first-order valence-electron chi connectivity index (χ1n) is 11.5. The van der Waals surface area contributed by atoms with Crippen molar-refractivity contribution in [3.05, 3.63) is 35.9 Å². The van der Waals surface area contributed by atoms with Crippen molar-refractivity contribution in [3.8, 4) is 0 Å². The Morgan fingerprint density at radius 2 is 1.76 bits per heavy atom. The molecule has 3 amide bonds. The van der Waals surface area contributed by atoms with Gasteiger partial charge in [-0.3, -0.25) is 14.4 Å². The van der Waals surface area contributed by atoms with Gasteiger partial charge in [0.2, 0.25) is 17.7 Å². The van der Waals surface area contributed by atoms with Crippen molar-refractivity contribution in [3.63, 3.8) is 0 Å². The van der Waals surface area contributed by atoms with Crippen molar-refractivity contribution >= 4 is 36.3 Å². The molecule has 10 nitrogen and oxygen atoms in total. The molecule has 34 heavy (non-hydrogen) atoms. The van der Waals surface area contributed by atoms with Crippen LogP contribution in [0.2, 0.25) is 0 Å². The minimum absolute atomic E-state index is 0.108. The van der Waals surface area contributed by atoms with Gasteiger partial charge < -0.3 is 32.1 Å². The van der Waals surface area contributed by atoms with Gasteiger partial charge in [0.15, 0.2) is 0 Å². The highest BCUT2D eigenvalue weighted by Crippen LogP contribution is 2.20. The van der Waals surface area contributed by atoms with Crippen molar-refractivity contribution in [2.24, 2.45) is 11.5 Å². The Bertz CT molecular complexity index is 840. The maximum absolute atomic E-state index is 13.3. The van der Waals surface area contributed by atoms with Gasteiger partial charge in [0.05, 0.1) is 6.04 Å². The van der Waals surface area contributed by atoms with Crippen LogP contribution in [0.1, 0.15) is 37.7 Å². The third-order valence-electron chi connectivity index (χ3n) is 5.83. The predicted molar refractivity (Wildman–Crippen MR) is 131 cm³/mol. The van der Waals surface area contributed by atoms with Gasteiger partial charge in [0.25, 0.3) is 0 Å². The highest BCUT2D eigenvalue weighted by Gasteiger charge is 2.38. The number of carboxylic acid groups (broad SMARTS) is 1. The second-order valence-electron chi connectivity index (χ2n) is 8.41. The number of benzene rings is 1. The molecule has 4 unspecified atom stereocenters. The van der Waals surface area contributed by atoms with Crippen LogP contribution in [0.25, 0.3) is 0 Å². The zero-order valence-electron chi connectivity index (χ0n) is 19.2. The van der Waals surface area contributed by atoms with Crippen molar-refractivity contribution in [1.29, 1.82) is 0 Å². The van der Waals surface area contributed by atoms with Gasteiger partial charge in [0, 0.05) is 18.7 Å². The first kappa shape index (κ1) is 27.6. The molecular formula is C23H35N5O5S. The molecule has 0 saturated carbocycles. The van der Waals surface area contributed by atoms with Crippen LogP contribution in [0, 0.1) is 0 Å². The first-order valence-corrected chi connectivity index (χ1v) is 12.2. The van der Waals surface area contributed by atoms with Crippen molar-refractivity contribution < 1.29 is 24.3 Å². The lowest BCUT2D eigenvalue weighted by Crippen LogP contribution is -2.57. The molecule has 1 aliphatic heterocycles. The highest BCUT2D eigenvalue weighted by atomic mass is 32.1. The number of carbonyl (C=O) groups is 4. The monoisotopic (exact) mass is 493 g/mol. The molecule has 1 aromatic carbocycles. The fourth-order valence-electron chi connectivity index (χ4n) is 3.93. The summed E-state index contributed by atoms with van der Waals surface area (Å²) in [5.74, 6) is -2.46. The number of carboxylic acids is 1. The SMILES string of the molecule is NCCCCC(NC(=O)C(Cc1ccccc1)NC(=O)C(N)CS)C(=O)N1CCCC1C(=O)O. The summed E-state index contributed by atoms with van der Waals surface area (Å²) in [6.07, 6.45) is 2.71. The van der Waals surface area contributed by atoms with Gasteiger partial charge >= 0.3 is 5.97 Å². The summed E-state index contributed by atoms with van der Waals surface area (Å²) >= 11 is 4.04. The van der Waals surface area contributed by atoms with Crippen LogP contribution in [0.4, 0.5) is 0 Å². The fourth-order valence-corrected chi connectivity index (χ4v) is 4.10. The number of carbonyl (C=O) groups excluding carboxylic acids is 3. The lowest BCUT2D eigenvalue weighted by molar-refractivity contribution is -0.149. The zero-order valence-corrected chi connectivity index (χ0v) is 20.1. The van der Waals surface area contributed by atoms with Crippen LogP contribution in [-0.4, -0.2) is 76.7 Å². The topological polar surface area (TPSA) is 168 Å². The molecule has 188 valence electrons. The van der Waals surface area contributed by atoms with Gasteiger partial charge in [-0.25, -0.2) is 4.79 Å². The quantitative estimate of drug-likeness (QED) is 0.161.